The van der Waals surface area contributed by atoms with Crippen LogP contribution in [0.1, 0.15) is 5.89 Å². The van der Waals surface area contributed by atoms with Gasteiger partial charge in [0, 0.05) is 10.5 Å². The van der Waals surface area contributed by atoms with E-state index >= 15 is 0 Å². The van der Waals surface area contributed by atoms with Crippen LogP contribution in [0.25, 0.3) is 11.5 Å². The van der Waals surface area contributed by atoms with E-state index in [0.717, 1.165) is 16.4 Å². The topological polar surface area (TPSA) is 57.4 Å². The molecule has 5 nitrogen and oxygen atoms in total. The van der Waals surface area contributed by atoms with Crippen LogP contribution in [0.5, 0.6) is 11.5 Å². The lowest BCUT2D eigenvalue weighted by molar-refractivity contribution is 0.171. The molecule has 3 aromatic rings. The number of hydrogen-bond donors (Lipinski definition) is 0. The number of aromatic nitrogens is 2. The molecule has 2 aromatic carbocycles. The van der Waals surface area contributed by atoms with Crippen molar-refractivity contribution in [2.24, 2.45) is 0 Å². The van der Waals surface area contributed by atoms with Crippen molar-refractivity contribution >= 4 is 11.8 Å². The number of halogens is 1. The van der Waals surface area contributed by atoms with Gasteiger partial charge in [0.2, 0.25) is 11.8 Å². The Morgan fingerprint density at radius 3 is 2.58 bits per heavy atom. The maximum absolute atomic E-state index is 12.9. The molecule has 0 atom stereocenters. The second kappa shape index (κ2) is 6.52. The summed E-state index contributed by atoms with van der Waals surface area (Å²) in [6, 6.07) is 11.8. The maximum atomic E-state index is 12.9. The summed E-state index contributed by atoms with van der Waals surface area (Å²) in [4.78, 5) is 1.03. The Balaban J connectivity index is 1.44. The van der Waals surface area contributed by atoms with Gasteiger partial charge in [0.05, 0.1) is 5.75 Å². The molecule has 0 N–H and O–H groups in total. The van der Waals surface area contributed by atoms with E-state index < -0.39 is 0 Å². The van der Waals surface area contributed by atoms with E-state index in [1.165, 1.54) is 12.1 Å². The van der Waals surface area contributed by atoms with Gasteiger partial charge in [0.15, 0.2) is 11.5 Å². The average molecular weight is 344 g/mol. The van der Waals surface area contributed by atoms with E-state index in [0.29, 0.717) is 36.3 Å². The van der Waals surface area contributed by atoms with E-state index in [1.807, 2.05) is 18.2 Å². The van der Waals surface area contributed by atoms with Gasteiger partial charge in [-0.2, -0.15) is 0 Å². The van der Waals surface area contributed by atoms with Crippen LogP contribution < -0.4 is 9.47 Å². The zero-order valence-corrected chi connectivity index (χ0v) is 13.4. The van der Waals surface area contributed by atoms with Gasteiger partial charge in [-0.25, -0.2) is 4.39 Å². The lowest BCUT2D eigenvalue weighted by atomic mass is 10.2. The number of benzene rings is 2. The summed E-state index contributed by atoms with van der Waals surface area (Å²) in [7, 11) is 0. The molecule has 1 aliphatic rings. The Kier molecular flexibility index (Phi) is 4.08. The minimum atomic E-state index is -0.298. The number of hydrogen-bond acceptors (Lipinski definition) is 6. The Hall–Kier alpha value is -2.54. The lowest BCUT2D eigenvalue weighted by Gasteiger charge is -2.18. The Labute approximate surface area is 141 Å². The van der Waals surface area contributed by atoms with E-state index in [9.17, 15) is 4.39 Å². The summed E-state index contributed by atoms with van der Waals surface area (Å²) in [6.45, 7) is 1.14. The Bertz CT molecular complexity index is 851. The Morgan fingerprint density at radius 2 is 1.75 bits per heavy atom. The first-order valence-corrected chi connectivity index (χ1v) is 8.37. The van der Waals surface area contributed by atoms with Gasteiger partial charge in [-0.15, -0.1) is 22.0 Å². The first-order chi connectivity index (χ1) is 11.8. The first kappa shape index (κ1) is 15.0. The van der Waals surface area contributed by atoms with Crippen molar-refractivity contribution in [3.05, 3.63) is 54.2 Å². The largest absolute Gasteiger partial charge is 0.486 e. The lowest BCUT2D eigenvalue weighted by Crippen LogP contribution is -2.15. The summed E-state index contributed by atoms with van der Waals surface area (Å²) in [5.41, 5.74) is 0.694. The van der Waals surface area contributed by atoms with Crippen LogP contribution in [-0.2, 0) is 5.75 Å². The molecule has 0 radical (unpaired) electrons. The first-order valence-electron chi connectivity index (χ1n) is 7.39. The predicted molar refractivity (Wildman–Crippen MR) is 86.7 cm³/mol. The van der Waals surface area contributed by atoms with Crippen LogP contribution in [0.15, 0.2) is 51.8 Å². The van der Waals surface area contributed by atoms with Crippen molar-refractivity contribution in [2.75, 3.05) is 13.2 Å². The molecule has 0 spiro atoms. The molecule has 1 aliphatic heterocycles. The quantitative estimate of drug-likeness (QED) is 0.668. The van der Waals surface area contributed by atoms with Crippen molar-refractivity contribution in [3.63, 3.8) is 0 Å². The second-order valence-corrected chi connectivity index (χ2v) is 6.15. The molecule has 0 saturated heterocycles. The number of fused-ring (bicyclic) bond motifs is 1. The van der Waals surface area contributed by atoms with E-state index in [2.05, 4.69) is 10.2 Å². The zero-order valence-electron chi connectivity index (χ0n) is 12.6. The SMILES string of the molecule is Fc1ccc(-c2nnc(CSc3ccc4c(c3)OCCO4)o2)cc1. The van der Waals surface area contributed by atoms with Crippen molar-refractivity contribution in [1.29, 1.82) is 0 Å². The fourth-order valence-electron chi connectivity index (χ4n) is 2.28. The fourth-order valence-corrected chi connectivity index (χ4v) is 3.04. The maximum Gasteiger partial charge on any atom is 0.247 e. The second-order valence-electron chi connectivity index (χ2n) is 5.10. The molecule has 7 heteroatoms. The van der Waals surface area contributed by atoms with Crippen LogP contribution in [0.2, 0.25) is 0 Å². The van der Waals surface area contributed by atoms with Crippen LogP contribution in [0.4, 0.5) is 4.39 Å². The molecule has 24 heavy (non-hydrogen) atoms. The van der Waals surface area contributed by atoms with Crippen molar-refractivity contribution < 1.29 is 18.3 Å². The zero-order chi connectivity index (χ0) is 16.4. The minimum absolute atomic E-state index is 0.298. The molecule has 0 aliphatic carbocycles. The van der Waals surface area contributed by atoms with Gasteiger partial charge in [-0.3, -0.25) is 0 Å². The van der Waals surface area contributed by atoms with Gasteiger partial charge in [0.1, 0.15) is 19.0 Å². The van der Waals surface area contributed by atoms with Gasteiger partial charge in [-0.1, -0.05) is 0 Å². The smallest absolute Gasteiger partial charge is 0.247 e. The average Bonchev–Trinajstić information content (AvgIpc) is 3.09. The molecule has 0 saturated carbocycles. The number of thioether (sulfide) groups is 1. The summed E-state index contributed by atoms with van der Waals surface area (Å²) in [6.07, 6.45) is 0. The monoisotopic (exact) mass is 344 g/mol. The normalized spacial score (nSPS) is 13.0. The van der Waals surface area contributed by atoms with Crippen molar-refractivity contribution in [2.45, 2.75) is 10.6 Å². The highest BCUT2D eigenvalue weighted by Gasteiger charge is 2.13. The third-order valence-corrected chi connectivity index (χ3v) is 4.41. The van der Waals surface area contributed by atoms with Gasteiger partial charge >= 0.3 is 0 Å². The summed E-state index contributed by atoms with van der Waals surface area (Å²) in [5.74, 6) is 2.65. The highest BCUT2D eigenvalue weighted by atomic mass is 32.2. The molecular formula is C17H13FN2O3S. The molecule has 0 unspecified atom stereocenters. The van der Waals surface area contributed by atoms with Crippen LogP contribution >= 0.6 is 11.8 Å². The van der Waals surface area contributed by atoms with Crippen molar-refractivity contribution in [1.82, 2.24) is 10.2 Å². The minimum Gasteiger partial charge on any atom is -0.486 e. The summed E-state index contributed by atoms with van der Waals surface area (Å²) >= 11 is 1.57. The molecular weight excluding hydrogens is 331 g/mol. The fraction of sp³-hybridized carbons (Fsp3) is 0.176. The summed E-state index contributed by atoms with van der Waals surface area (Å²) < 4.78 is 29.6. The molecule has 2 heterocycles. The third-order valence-electron chi connectivity index (χ3n) is 3.43. The highest BCUT2D eigenvalue weighted by Crippen LogP contribution is 2.35. The molecule has 0 fully saturated rings. The van der Waals surface area contributed by atoms with Crippen LogP contribution in [-0.4, -0.2) is 23.4 Å². The van der Waals surface area contributed by atoms with E-state index in [4.69, 9.17) is 13.9 Å². The molecule has 0 amide bonds. The van der Waals surface area contributed by atoms with E-state index in [1.54, 1.807) is 23.9 Å². The molecule has 122 valence electrons. The van der Waals surface area contributed by atoms with Gasteiger partial charge in [-0.05, 0) is 42.5 Å². The standard InChI is InChI=1S/C17H13FN2O3S/c18-12-3-1-11(2-4-12)17-20-19-16(23-17)10-24-13-5-6-14-15(9-13)22-8-7-21-14/h1-6,9H,7-8,10H2. The predicted octanol–water partition coefficient (Wildman–Crippen LogP) is 3.94. The number of ether oxygens (including phenoxy) is 2. The third kappa shape index (κ3) is 3.21. The molecule has 1 aromatic heterocycles. The van der Waals surface area contributed by atoms with Crippen LogP contribution in [0, 0.1) is 5.82 Å². The summed E-state index contributed by atoms with van der Waals surface area (Å²) in [5, 5.41) is 8.03. The van der Waals surface area contributed by atoms with E-state index in [-0.39, 0.29) is 5.82 Å². The number of nitrogens with zero attached hydrogens (tertiary/aromatic N) is 2. The highest BCUT2D eigenvalue weighted by molar-refractivity contribution is 7.98. The van der Waals surface area contributed by atoms with Crippen LogP contribution in [0.3, 0.4) is 0 Å². The van der Waals surface area contributed by atoms with Gasteiger partial charge < -0.3 is 13.9 Å². The Morgan fingerprint density at radius 1 is 0.958 bits per heavy atom. The van der Waals surface area contributed by atoms with Gasteiger partial charge in [0.25, 0.3) is 0 Å². The molecule has 4 rings (SSSR count). The molecule has 0 bridgehead atoms. The number of rotatable bonds is 4. The van der Waals surface area contributed by atoms with Crippen molar-refractivity contribution in [3.8, 4) is 23.0 Å².